The van der Waals surface area contributed by atoms with Gasteiger partial charge in [0, 0.05) is 18.7 Å². The zero-order chi connectivity index (χ0) is 14.1. The number of nitrogens with zero attached hydrogens (tertiary/aromatic N) is 3. The Kier molecular flexibility index (Phi) is 3.37. The summed E-state index contributed by atoms with van der Waals surface area (Å²) < 4.78 is 23.9. The Morgan fingerprint density at radius 2 is 2.30 bits per heavy atom. The van der Waals surface area contributed by atoms with E-state index in [-0.39, 0.29) is 11.8 Å². The van der Waals surface area contributed by atoms with Gasteiger partial charge in [-0.15, -0.1) is 0 Å². The first-order chi connectivity index (χ1) is 9.63. The highest BCUT2D eigenvalue weighted by Crippen LogP contribution is 2.25. The van der Waals surface area contributed by atoms with Gasteiger partial charge in [-0.2, -0.15) is 4.98 Å². The molecule has 6 nitrogen and oxygen atoms in total. The van der Waals surface area contributed by atoms with Gasteiger partial charge >= 0.3 is 0 Å². The standard InChI is InChI=1S/C13H15FN4O2/c1-18-4-5-19-11(7-18)12-16-13(20-17-12)8-2-3-9(14)10(15)6-8/h2-3,6,11H,4-5,7,15H2,1H3. The summed E-state index contributed by atoms with van der Waals surface area (Å²) in [4.78, 5) is 6.44. The maximum absolute atomic E-state index is 13.1. The highest BCUT2D eigenvalue weighted by Gasteiger charge is 2.24. The van der Waals surface area contributed by atoms with Gasteiger partial charge < -0.3 is 19.9 Å². The molecule has 1 saturated heterocycles. The van der Waals surface area contributed by atoms with Gasteiger partial charge in [-0.3, -0.25) is 0 Å². The number of nitrogen functional groups attached to an aromatic ring is 1. The van der Waals surface area contributed by atoms with Crippen LogP contribution in [0.25, 0.3) is 11.5 Å². The fourth-order valence-corrected chi connectivity index (χ4v) is 2.09. The fraction of sp³-hybridized carbons (Fsp3) is 0.385. The van der Waals surface area contributed by atoms with E-state index in [4.69, 9.17) is 15.0 Å². The average Bonchev–Trinajstić information content (AvgIpc) is 2.92. The van der Waals surface area contributed by atoms with E-state index in [2.05, 4.69) is 15.0 Å². The predicted octanol–water partition coefficient (Wildman–Crippen LogP) is 1.46. The van der Waals surface area contributed by atoms with Crippen molar-refractivity contribution in [3.8, 4) is 11.5 Å². The van der Waals surface area contributed by atoms with Gasteiger partial charge in [-0.1, -0.05) is 5.16 Å². The molecule has 2 aromatic rings. The number of nitrogens with two attached hydrogens (primary N) is 1. The van der Waals surface area contributed by atoms with Gasteiger partial charge in [0.05, 0.1) is 12.3 Å². The second-order valence-corrected chi connectivity index (χ2v) is 4.82. The van der Waals surface area contributed by atoms with E-state index in [1.807, 2.05) is 7.05 Å². The molecule has 0 amide bonds. The molecule has 1 atom stereocenters. The molecule has 3 rings (SSSR count). The van der Waals surface area contributed by atoms with Crippen molar-refractivity contribution in [3.63, 3.8) is 0 Å². The number of hydrogen-bond acceptors (Lipinski definition) is 6. The van der Waals surface area contributed by atoms with Gasteiger partial charge in [-0.05, 0) is 25.2 Å². The Hall–Kier alpha value is -1.99. The molecule has 1 aromatic carbocycles. The van der Waals surface area contributed by atoms with E-state index < -0.39 is 5.82 Å². The number of halogens is 1. The van der Waals surface area contributed by atoms with E-state index in [0.29, 0.717) is 30.4 Å². The highest BCUT2D eigenvalue weighted by molar-refractivity contribution is 5.60. The molecule has 2 N–H and O–H groups in total. The van der Waals surface area contributed by atoms with Crippen LogP contribution in [0.2, 0.25) is 0 Å². The van der Waals surface area contributed by atoms with Crippen LogP contribution in [0.4, 0.5) is 10.1 Å². The van der Waals surface area contributed by atoms with Crippen molar-refractivity contribution in [1.29, 1.82) is 0 Å². The molecule has 1 fully saturated rings. The highest BCUT2D eigenvalue weighted by atomic mass is 19.1. The lowest BCUT2D eigenvalue weighted by atomic mass is 10.2. The molecular weight excluding hydrogens is 263 g/mol. The van der Waals surface area contributed by atoms with Crippen LogP contribution >= 0.6 is 0 Å². The second kappa shape index (κ2) is 5.18. The summed E-state index contributed by atoms with van der Waals surface area (Å²) >= 11 is 0. The van der Waals surface area contributed by atoms with Crippen molar-refractivity contribution in [2.24, 2.45) is 0 Å². The molecule has 1 aliphatic rings. The van der Waals surface area contributed by atoms with Crippen LogP contribution in [0, 0.1) is 5.82 Å². The Morgan fingerprint density at radius 3 is 3.05 bits per heavy atom. The SMILES string of the molecule is CN1CCOC(c2noc(-c3ccc(F)c(N)c3)n2)C1. The number of rotatable bonds is 2. The third kappa shape index (κ3) is 2.50. The number of morpholine rings is 1. The van der Waals surface area contributed by atoms with E-state index in [9.17, 15) is 4.39 Å². The molecule has 7 heteroatoms. The van der Waals surface area contributed by atoms with Crippen LogP contribution < -0.4 is 5.73 Å². The quantitative estimate of drug-likeness (QED) is 0.838. The molecule has 1 aromatic heterocycles. The lowest BCUT2D eigenvalue weighted by molar-refractivity contribution is -0.0264. The third-order valence-electron chi connectivity index (χ3n) is 3.24. The normalized spacial score (nSPS) is 20.2. The van der Waals surface area contributed by atoms with Crippen molar-refractivity contribution >= 4 is 5.69 Å². The zero-order valence-electron chi connectivity index (χ0n) is 11.0. The van der Waals surface area contributed by atoms with Crippen LogP contribution in [-0.4, -0.2) is 41.8 Å². The number of anilines is 1. The van der Waals surface area contributed by atoms with Crippen LogP contribution in [0.1, 0.15) is 11.9 Å². The minimum atomic E-state index is -0.467. The molecule has 0 radical (unpaired) electrons. The maximum Gasteiger partial charge on any atom is 0.258 e. The smallest absolute Gasteiger partial charge is 0.258 e. The Morgan fingerprint density at radius 1 is 1.45 bits per heavy atom. The van der Waals surface area contributed by atoms with Gasteiger partial charge in [0.2, 0.25) is 5.82 Å². The summed E-state index contributed by atoms with van der Waals surface area (Å²) in [7, 11) is 2.01. The summed E-state index contributed by atoms with van der Waals surface area (Å²) in [5.41, 5.74) is 6.17. The molecule has 1 aliphatic heterocycles. The van der Waals surface area contributed by atoms with Crippen LogP contribution in [0.3, 0.4) is 0 Å². The monoisotopic (exact) mass is 278 g/mol. The van der Waals surface area contributed by atoms with E-state index in [1.165, 1.54) is 12.1 Å². The van der Waals surface area contributed by atoms with E-state index >= 15 is 0 Å². The molecule has 0 spiro atoms. The molecule has 0 saturated carbocycles. The first kappa shape index (κ1) is 13.0. The summed E-state index contributed by atoms with van der Waals surface area (Å²) in [5, 5.41) is 3.93. The third-order valence-corrected chi connectivity index (χ3v) is 3.24. The number of benzene rings is 1. The number of ether oxygens (including phenoxy) is 1. The van der Waals surface area contributed by atoms with Crippen molar-refractivity contribution < 1.29 is 13.7 Å². The van der Waals surface area contributed by atoms with E-state index in [1.54, 1.807) is 6.07 Å². The number of likely N-dealkylation sites (N-methyl/N-ethyl adjacent to an activating group) is 1. The minimum Gasteiger partial charge on any atom is -0.396 e. The lowest BCUT2D eigenvalue weighted by Crippen LogP contribution is -2.35. The van der Waals surface area contributed by atoms with Gasteiger partial charge in [0.1, 0.15) is 11.9 Å². The van der Waals surface area contributed by atoms with E-state index in [0.717, 1.165) is 6.54 Å². The zero-order valence-corrected chi connectivity index (χ0v) is 11.0. The summed E-state index contributed by atoms with van der Waals surface area (Å²) in [6, 6.07) is 4.30. The maximum atomic E-state index is 13.1. The van der Waals surface area contributed by atoms with Gasteiger partial charge in [0.15, 0.2) is 0 Å². The largest absolute Gasteiger partial charge is 0.396 e. The Labute approximate surface area is 115 Å². The van der Waals surface area contributed by atoms with Crippen molar-refractivity contribution in [1.82, 2.24) is 15.0 Å². The van der Waals surface area contributed by atoms with Crippen LogP contribution in [-0.2, 0) is 4.74 Å². The topological polar surface area (TPSA) is 77.4 Å². The second-order valence-electron chi connectivity index (χ2n) is 4.82. The molecule has 1 unspecified atom stereocenters. The van der Waals surface area contributed by atoms with Crippen molar-refractivity contribution in [2.45, 2.75) is 6.10 Å². The van der Waals surface area contributed by atoms with Crippen molar-refractivity contribution in [2.75, 3.05) is 32.5 Å². The first-order valence-corrected chi connectivity index (χ1v) is 6.32. The number of aromatic nitrogens is 2. The van der Waals surface area contributed by atoms with Gasteiger partial charge in [0.25, 0.3) is 5.89 Å². The number of hydrogen-bond donors (Lipinski definition) is 1. The Balaban J connectivity index is 1.84. The fourth-order valence-electron chi connectivity index (χ4n) is 2.09. The summed E-state index contributed by atoms with van der Waals surface area (Å²) in [5.74, 6) is 0.337. The molecular formula is C13H15FN4O2. The molecule has 0 aliphatic carbocycles. The predicted molar refractivity (Wildman–Crippen MR) is 70.3 cm³/mol. The minimum absolute atomic E-state index is 0.0518. The average molecular weight is 278 g/mol. The molecule has 0 bridgehead atoms. The lowest BCUT2D eigenvalue weighted by Gasteiger charge is -2.27. The molecule has 106 valence electrons. The molecule has 2 heterocycles. The summed E-state index contributed by atoms with van der Waals surface area (Å²) in [6.07, 6.45) is -0.205. The Bertz CT molecular complexity index is 616. The van der Waals surface area contributed by atoms with Crippen molar-refractivity contribution in [3.05, 3.63) is 29.8 Å². The van der Waals surface area contributed by atoms with Crippen LogP contribution in [0.15, 0.2) is 22.7 Å². The van der Waals surface area contributed by atoms with Gasteiger partial charge in [-0.25, -0.2) is 4.39 Å². The van der Waals surface area contributed by atoms with Crippen LogP contribution in [0.5, 0.6) is 0 Å². The first-order valence-electron chi connectivity index (χ1n) is 6.32. The molecule has 20 heavy (non-hydrogen) atoms. The summed E-state index contributed by atoms with van der Waals surface area (Å²) in [6.45, 7) is 2.23.